The first-order valence-corrected chi connectivity index (χ1v) is 9.13. The summed E-state index contributed by atoms with van der Waals surface area (Å²) < 4.78 is 11.0. The van der Waals surface area contributed by atoms with Crippen LogP contribution in [0.4, 0.5) is 17.1 Å². The van der Waals surface area contributed by atoms with Crippen molar-refractivity contribution >= 4 is 23.0 Å². The average molecular weight is 428 g/mol. The molecule has 1 aromatic rings. The van der Waals surface area contributed by atoms with E-state index in [1.54, 1.807) is 13.8 Å². The molecule has 0 spiro atoms. The number of nitro benzene ring substituents is 2. The van der Waals surface area contributed by atoms with Gasteiger partial charge in [0.05, 0.1) is 41.3 Å². The number of hydrogen-bond donors (Lipinski definition) is 3. The number of amides is 1. The predicted molar refractivity (Wildman–Crippen MR) is 103 cm³/mol. The number of rotatable bonds is 10. The van der Waals surface area contributed by atoms with E-state index in [1.807, 2.05) is 0 Å². The van der Waals surface area contributed by atoms with Crippen molar-refractivity contribution in [1.82, 2.24) is 5.32 Å². The lowest BCUT2D eigenvalue weighted by atomic mass is 10.1. The summed E-state index contributed by atoms with van der Waals surface area (Å²) in [5.74, 6) is -1.62. The average Bonchev–Trinajstić information content (AvgIpc) is 3.03. The second kappa shape index (κ2) is 9.75. The molecule has 1 aromatic carbocycles. The number of ether oxygens (including phenoxy) is 2. The summed E-state index contributed by atoms with van der Waals surface area (Å²) in [5, 5.41) is 44.0. The van der Waals surface area contributed by atoms with Gasteiger partial charge in [0.2, 0.25) is 0 Å². The number of hydrogen-bond acceptors (Lipinski definition) is 10. The standard InChI is InChI=1S/C17H24N4O9/c1-17(2)29-10-12(30-17)9-18-16(24)13-7-11(20(25)26)8-14(21(27)28)15(13)19(3-5-22)4-6-23/h7-8,12,22-23H,3-6,9-10H2,1-2H3,(H,18,24). The third-order valence-electron chi connectivity index (χ3n) is 4.34. The van der Waals surface area contributed by atoms with Crippen LogP contribution in [0.25, 0.3) is 0 Å². The number of nitro groups is 2. The monoisotopic (exact) mass is 428 g/mol. The van der Waals surface area contributed by atoms with Gasteiger partial charge in [-0.1, -0.05) is 0 Å². The van der Waals surface area contributed by atoms with Gasteiger partial charge < -0.3 is 29.9 Å². The second-order valence-corrected chi connectivity index (χ2v) is 6.97. The number of non-ortho nitro benzene ring substituents is 1. The van der Waals surface area contributed by atoms with Gasteiger partial charge in [0.25, 0.3) is 17.3 Å². The Morgan fingerprint density at radius 1 is 1.23 bits per heavy atom. The smallest absolute Gasteiger partial charge is 0.300 e. The molecule has 3 N–H and O–H groups in total. The fourth-order valence-electron chi connectivity index (χ4n) is 3.10. The van der Waals surface area contributed by atoms with Crippen LogP contribution in [0.2, 0.25) is 0 Å². The van der Waals surface area contributed by atoms with E-state index in [9.17, 15) is 35.2 Å². The molecule has 0 radical (unpaired) electrons. The highest BCUT2D eigenvalue weighted by atomic mass is 16.7. The predicted octanol–water partition coefficient (Wildman–Crippen LogP) is 0.175. The van der Waals surface area contributed by atoms with Gasteiger partial charge in [-0.05, 0) is 13.8 Å². The maximum Gasteiger partial charge on any atom is 0.300 e. The van der Waals surface area contributed by atoms with Crippen LogP contribution < -0.4 is 10.2 Å². The largest absolute Gasteiger partial charge is 0.395 e. The topological polar surface area (TPSA) is 178 Å². The van der Waals surface area contributed by atoms with Gasteiger partial charge in [-0.15, -0.1) is 0 Å². The van der Waals surface area contributed by atoms with Gasteiger partial charge >= 0.3 is 0 Å². The van der Waals surface area contributed by atoms with Crippen LogP contribution in [0.15, 0.2) is 12.1 Å². The molecular formula is C17H24N4O9. The van der Waals surface area contributed by atoms with Crippen molar-refractivity contribution in [2.24, 2.45) is 0 Å². The minimum absolute atomic E-state index is 0.0121. The molecule has 1 heterocycles. The highest BCUT2D eigenvalue weighted by Crippen LogP contribution is 2.36. The van der Waals surface area contributed by atoms with Gasteiger partial charge in [-0.2, -0.15) is 0 Å². The molecule has 30 heavy (non-hydrogen) atoms. The Hall–Kier alpha value is -2.87. The number of aliphatic hydroxyl groups excluding tert-OH is 2. The molecule has 1 fully saturated rings. The molecule has 1 saturated heterocycles. The SMILES string of the molecule is CC1(C)OCC(CNC(=O)c2cc([N+](=O)[O-])cc([N+](=O)[O-])c2N(CCO)CCO)O1. The van der Waals surface area contributed by atoms with Gasteiger partial charge in [0, 0.05) is 25.7 Å². The van der Waals surface area contributed by atoms with Crippen LogP contribution in [0.5, 0.6) is 0 Å². The first-order valence-electron chi connectivity index (χ1n) is 9.13. The summed E-state index contributed by atoms with van der Waals surface area (Å²) in [6, 6.07) is 1.67. The summed E-state index contributed by atoms with van der Waals surface area (Å²) in [6.07, 6.45) is -0.466. The Kier molecular flexibility index (Phi) is 7.61. The lowest BCUT2D eigenvalue weighted by Crippen LogP contribution is -2.37. The van der Waals surface area contributed by atoms with E-state index in [1.165, 1.54) is 4.90 Å². The Balaban J connectivity index is 2.44. The molecule has 1 aliphatic heterocycles. The molecule has 166 valence electrons. The van der Waals surface area contributed by atoms with E-state index in [0.717, 1.165) is 12.1 Å². The van der Waals surface area contributed by atoms with Crippen molar-refractivity contribution in [3.8, 4) is 0 Å². The molecule has 0 aliphatic carbocycles. The minimum Gasteiger partial charge on any atom is -0.395 e. The van der Waals surface area contributed by atoms with E-state index >= 15 is 0 Å². The molecule has 13 nitrogen and oxygen atoms in total. The van der Waals surface area contributed by atoms with Crippen LogP contribution in [-0.4, -0.2) is 77.3 Å². The Morgan fingerprint density at radius 2 is 1.87 bits per heavy atom. The van der Waals surface area contributed by atoms with Crippen molar-refractivity contribution in [2.45, 2.75) is 25.7 Å². The third kappa shape index (κ3) is 5.60. The number of anilines is 1. The van der Waals surface area contributed by atoms with E-state index in [0.29, 0.717) is 0 Å². The highest BCUT2D eigenvalue weighted by Gasteiger charge is 2.34. The summed E-state index contributed by atoms with van der Waals surface area (Å²) >= 11 is 0. The van der Waals surface area contributed by atoms with Crippen molar-refractivity contribution < 1.29 is 34.3 Å². The normalized spacial score (nSPS) is 17.5. The van der Waals surface area contributed by atoms with Gasteiger partial charge in [0.1, 0.15) is 11.8 Å². The molecule has 2 rings (SSSR count). The highest BCUT2D eigenvalue weighted by molar-refractivity contribution is 6.02. The molecule has 1 atom stereocenters. The third-order valence-corrected chi connectivity index (χ3v) is 4.34. The van der Waals surface area contributed by atoms with Crippen LogP contribution in [0.3, 0.4) is 0 Å². The first kappa shape index (κ1) is 23.4. The van der Waals surface area contributed by atoms with E-state index < -0.39 is 52.2 Å². The van der Waals surface area contributed by atoms with Crippen molar-refractivity contribution in [1.29, 1.82) is 0 Å². The number of carbonyl (C=O) groups excluding carboxylic acids is 1. The fraction of sp³-hybridized carbons (Fsp3) is 0.588. The second-order valence-electron chi connectivity index (χ2n) is 6.97. The zero-order valence-corrected chi connectivity index (χ0v) is 16.6. The molecule has 13 heteroatoms. The quantitative estimate of drug-likeness (QED) is 0.344. The molecule has 1 aliphatic rings. The van der Waals surface area contributed by atoms with E-state index in [2.05, 4.69) is 5.32 Å². The first-order chi connectivity index (χ1) is 14.1. The number of nitrogens with one attached hydrogen (secondary N) is 1. The lowest BCUT2D eigenvalue weighted by molar-refractivity contribution is -0.393. The molecule has 1 unspecified atom stereocenters. The van der Waals surface area contributed by atoms with Crippen molar-refractivity contribution in [2.75, 3.05) is 44.4 Å². The molecular weight excluding hydrogens is 404 g/mol. The maximum atomic E-state index is 12.8. The number of nitrogens with zero attached hydrogens (tertiary/aromatic N) is 3. The van der Waals surface area contributed by atoms with Crippen molar-refractivity contribution in [3.63, 3.8) is 0 Å². The fourth-order valence-corrected chi connectivity index (χ4v) is 3.10. The van der Waals surface area contributed by atoms with Gasteiger partial charge in [-0.3, -0.25) is 25.0 Å². The minimum atomic E-state index is -0.850. The van der Waals surface area contributed by atoms with Crippen LogP contribution >= 0.6 is 0 Å². The van der Waals surface area contributed by atoms with Crippen LogP contribution in [0, 0.1) is 20.2 Å². The Bertz CT molecular complexity index is 809. The summed E-state index contributed by atoms with van der Waals surface area (Å²) in [4.78, 5) is 35.2. The Morgan fingerprint density at radius 3 is 2.33 bits per heavy atom. The molecule has 1 amide bonds. The Labute approximate surface area is 171 Å². The number of aliphatic hydroxyl groups is 2. The van der Waals surface area contributed by atoms with Gasteiger partial charge in [-0.25, -0.2) is 0 Å². The number of carbonyl (C=O) groups is 1. The zero-order valence-electron chi connectivity index (χ0n) is 16.6. The van der Waals surface area contributed by atoms with E-state index in [4.69, 9.17) is 9.47 Å². The molecule has 0 aromatic heterocycles. The summed E-state index contributed by atoms with van der Waals surface area (Å²) in [5.41, 5.74) is -1.87. The summed E-state index contributed by atoms with van der Waals surface area (Å²) in [7, 11) is 0. The number of benzene rings is 1. The van der Waals surface area contributed by atoms with E-state index in [-0.39, 0.29) is 37.5 Å². The van der Waals surface area contributed by atoms with Crippen LogP contribution in [0.1, 0.15) is 24.2 Å². The van der Waals surface area contributed by atoms with Crippen LogP contribution in [-0.2, 0) is 9.47 Å². The zero-order chi connectivity index (χ0) is 22.5. The van der Waals surface area contributed by atoms with Crippen molar-refractivity contribution in [3.05, 3.63) is 37.9 Å². The molecule has 0 saturated carbocycles. The van der Waals surface area contributed by atoms with Gasteiger partial charge in [0.15, 0.2) is 5.79 Å². The maximum absolute atomic E-state index is 12.8. The molecule has 0 bridgehead atoms. The lowest BCUT2D eigenvalue weighted by Gasteiger charge is -2.25. The summed E-state index contributed by atoms with van der Waals surface area (Å²) in [6.45, 7) is 2.54.